The largest absolute Gasteiger partial charge is 0.351 e. The van der Waals surface area contributed by atoms with Gasteiger partial charge >= 0.3 is 0 Å². The average Bonchev–Trinajstić information content (AvgIpc) is 2.71. The van der Waals surface area contributed by atoms with Crippen LogP contribution in [-0.4, -0.2) is 39.5 Å². The number of pyridine rings is 1. The average molecular weight is 384 g/mol. The van der Waals surface area contributed by atoms with Crippen molar-refractivity contribution in [2.45, 2.75) is 57.0 Å². The van der Waals surface area contributed by atoms with Crippen molar-refractivity contribution < 1.29 is 9.18 Å². The van der Waals surface area contributed by atoms with Crippen LogP contribution < -0.4 is 16.0 Å². The lowest BCUT2D eigenvalue weighted by Crippen LogP contribution is -2.35. The Morgan fingerprint density at radius 2 is 1.96 bits per heavy atom. The second kappa shape index (κ2) is 8.18. The van der Waals surface area contributed by atoms with Crippen LogP contribution in [0.4, 0.5) is 16.2 Å². The van der Waals surface area contributed by atoms with E-state index in [4.69, 9.17) is 5.73 Å². The van der Waals surface area contributed by atoms with E-state index < -0.39 is 5.82 Å². The molecule has 0 radical (unpaired) electrons. The number of nitrogens with zero attached hydrogens (tertiary/aromatic N) is 4. The molecule has 2 aromatic rings. The molecule has 7 nitrogen and oxygen atoms in total. The molecule has 1 aliphatic carbocycles. The molecule has 1 aliphatic heterocycles. The van der Waals surface area contributed by atoms with Gasteiger partial charge in [0.1, 0.15) is 11.5 Å². The number of nitrogens with two attached hydrogens (primary N) is 1. The summed E-state index contributed by atoms with van der Waals surface area (Å²) in [6.45, 7) is 0.637. The molecule has 1 saturated carbocycles. The number of hydrogen-bond donors (Lipinski definition) is 2. The molecule has 2 aromatic heterocycles. The van der Waals surface area contributed by atoms with Crippen LogP contribution in [0.15, 0.2) is 24.4 Å². The van der Waals surface area contributed by atoms with Gasteiger partial charge in [0.15, 0.2) is 5.82 Å². The van der Waals surface area contributed by atoms with Gasteiger partial charge in [-0.25, -0.2) is 19.3 Å². The fraction of sp³-hybridized carbons (Fsp3) is 0.500. The van der Waals surface area contributed by atoms with Crippen LogP contribution >= 0.6 is 0 Å². The van der Waals surface area contributed by atoms with Gasteiger partial charge in [0.2, 0.25) is 11.9 Å². The van der Waals surface area contributed by atoms with Crippen molar-refractivity contribution in [1.29, 1.82) is 0 Å². The first-order valence-corrected chi connectivity index (χ1v) is 9.92. The molecular formula is C20H25FN6O. The normalized spacial score (nSPS) is 22.9. The standard InChI is InChI=1S/C20H25FN6O/c21-15-12-23-20(24-14-9-7-13(22)8-10-14)26-19(15)16-4-3-5-17(25-16)27-11-2-1-6-18(27)28/h3-5,12-14H,1-2,6-11,22H2,(H,23,24,26). The van der Waals surface area contributed by atoms with E-state index in [1.54, 1.807) is 23.1 Å². The molecule has 28 heavy (non-hydrogen) atoms. The van der Waals surface area contributed by atoms with Gasteiger partial charge < -0.3 is 11.1 Å². The Hall–Kier alpha value is -2.61. The van der Waals surface area contributed by atoms with Crippen molar-refractivity contribution in [3.05, 3.63) is 30.2 Å². The molecule has 148 valence electrons. The Morgan fingerprint density at radius 1 is 1.14 bits per heavy atom. The van der Waals surface area contributed by atoms with Crippen LogP contribution in [0.3, 0.4) is 0 Å². The van der Waals surface area contributed by atoms with Crippen molar-refractivity contribution >= 4 is 17.7 Å². The highest BCUT2D eigenvalue weighted by atomic mass is 19.1. The third-order valence-corrected chi connectivity index (χ3v) is 5.43. The molecule has 2 fully saturated rings. The summed E-state index contributed by atoms with van der Waals surface area (Å²) in [6, 6.07) is 5.75. The highest BCUT2D eigenvalue weighted by Crippen LogP contribution is 2.25. The number of piperidine rings is 1. The summed E-state index contributed by atoms with van der Waals surface area (Å²) in [6.07, 6.45) is 7.34. The number of carbonyl (C=O) groups is 1. The molecule has 4 rings (SSSR count). The fourth-order valence-electron chi connectivity index (χ4n) is 3.82. The second-order valence-corrected chi connectivity index (χ2v) is 7.53. The maximum atomic E-state index is 14.4. The highest BCUT2D eigenvalue weighted by molar-refractivity contribution is 5.93. The zero-order valence-electron chi connectivity index (χ0n) is 15.8. The smallest absolute Gasteiger partial charge is 0.228 e. The monoisotopic (exact) mass is 384 g/mol. The number of anilines is 2. The maximum Gasteiger partial charge on any atom is 0.228 e. The van der Waals surface area contributed by atoms with E-state index in [1.807, 2.05) is 0 Å². The Morgan fingerprint density at radius 3 is 2.75 bits per heavy atom. The van der Waals surface area contributed by atoms with Crippen LogP contribution in [0.25, 0.3) is 11.4 Å². The number of amides is 1. The van der Waals surface area contributed by atoms with E-state index in [0.717, 1.165) is 38.5 Å². The zero-order valence-corrected chi connectivity index (χ0v) is 15.8. The summed E-state index contributed by atoms with van der Waals surface area (Å²) in [5, 5.41) is 3.29. The van der Waals surface area contributed by atoms with Crippen molar-refractivity contribution in [3.8, 4) is 11.4 Å². The summed E-state index contributed by atoms with van der Waals surface area (Å²) in [5.74, 6) is 0.442. The molecule has 0 aromatic carbocycles. The van der Waals surface area contributed by atoms with Gasteiger partial charge in [-0.1, -0.05) is 6.07 Å². The number of aromatic nitrogens is 3. The van der Waals surface area contributed by atoms with E-state index in [-0.39, 0.29) is 23.7 Å². The molecule has 0 bridgehead atoms. The Labute approximate surface area is 163 Å². The minimum atomic E-state index is -0.536. The Balaban J connectivity index is 1.56. The lowest BCUT2D eigenvalue weighted by molar-refractivity contribution is -0.119. The first-order valence-electron chi connectivity index (χ1n) is 9.92. The molecule has 0 unspecified atom stereocenters. The Kier molecular flexibility index (Phi) is 5.47. The number of nitrogens with one attached hydrogen (secondary N) is 1. The third-order valence-electron chi connectivity index (χ3n) is 5.43. The van der Waals surface area contributed by atoms with Gasteiger partial charge in [-0.05, 0) is 50.7 Å². The molecule has 0 atom stereocenters. The van der Waals surface area contributed by atoms with Crippen molar-refractivity contribution in [2.24, 2.45) is 5.73 Å². The maximum absolute atomic E-state index is 14.4. The summed E-state index contributed by atoms with van der Waals surface area (Å²) in [4.78, 5) is 26.8. The van der Waals surface area contributed by atoms with E-state index >= 15 is 0 Å². The molecule has 1 saturated heterocycles. The zero-order chi connectivity index (χ0) is 19.5. The van der Waals surface area contributed by atoms with Gasteiger partial charge in [-0.15, -0.1) is 0 Å². The quantitative estimate of drug-likeness (QED) is 0.841. The van der Waals surface area contributed by atoms with Gasteiger partial charge in [0.05, 0.1) is 11.9 Å². The van der Waals surface area contributed by atoms with Crippen molar-refractivity contribution in [1.82, 2.24) is 15.0 Å². The van der Waals surface area contributed by atoms with Gasteiger partial charge in [-0.3, -0.25) is 9.69 Å². The van der Waals surface area contributed by atoms with Crippen LogP contribution in [-0.2, 0) is 4.79 Å². The predicted octanol–water partition coefficient (Wildman–Crippen LogP) is 2.88. The van der Waals surface area contributed by atoms with Gasteiger partial charge in [0.25, 0.3) is 0 Å². The summed E-state index contributed by atoms with van der Waals surface area (Å²) >= 11 is 0. The fourth-order valence-corrected chi connectivity index (χ4v) is 3.82. The SMILES string of the molecule is NC1CCC(Nc2ncc(F)c(-c3cccc(N4CCCCC4=O)n3)n2)CC1. The summed E-state index contributed by atoms with van der Waals surface area (Å²) in [5.41, 5.74) is 6.48. The third kappa shape index (κ3) is 4.11. The minimum absolute atomic E-state index is 0.0527. The summed E-state index contributed by atoms with van der Waals surface area (Å²) in [7, 11) is 0. The van der Waals surface area contributed by atoms with Gasteiger partial charge in [-0.2, -0.15) is 0 Å². The Bertz CT molecular complexity index is 852. The lowest BCUT2D eigenvalue weighted by Gasteiger charge is -2.27. The molecule has 2 aliphatic rings. The van der Waals surface area contributed by atoms with Crippen LogP contribution in [0.2, 0.25) is 0 Å². The molecule has 1 amide bonds. The number of hydrogen-bond acceptors (Lipinski definition) is 6. The lowest BCUT2D eigenvalue weighted by atomic mass is 9.92. The topological polar surface area (TPSA) is 97.0 Å². The number of halogens is 1. The second-order valence-electron chi connectivity index (χ2n) is 7.53. The van der Waals surface area contributed by atoms with Crippen LogP contribution in [0, 0.1) is 5.82 Å². The number of rotatable bonds is 4. The van der Waals surface area contributed by atoms with E-state index in [9.17, 15) is 9.18 Å². The first kappa shape index (κ1) is 18.7. The first-order chi connectivity index (χ1) is 13.6. The summed E-state index contributed by atoms with van der Waals surface area (Å²) < 4.78 is 14.4. The number of carbonyl (C=O) groups excluding carboxylic acids is 1. The molecular weight excluding hydrogens is 359 g/mol. The minimum Gasteiger partial charge on any atom is -0.351 e. The molecule has 8 heteroatoms. The highest BCUT2D eigenvalue weighted by Gasteiger charge is 2.22. The molecule has 3 N–H and O–H groups in total. The molecule has 0 spiro atoms. The van der Waals surface area contributed by atoms with Crippen molar-refractivity contribution in [3.63, 3.8) is 0 Å². The predicted molar refractivity (Wildman–Crippen MR) is 105 cm³/mol. The van der Waals surface area contributed by atoms with E-state index in [2.05, 4.69) is 20.3 Å². The van der Waals surface area contributed by atoms with Gasteiger partial charge in [0, 0.05) is 25.0 Å². The van der Waals surface area contributed by atoms with Crippen LogP contribution in [0.5, 0.6) is 0 Å². The van der Waals surface area contributed by atoms with Crippen molar-refractivity contribution in [2.75, 3.05) is 16.8 Å². The van der Waals surface area contributed by atoms with E-state index in [1.165, 1.54) is 6.20 Å². The molecule has 3 heterocycles. The van der Waals surface area contributed by atoms with Crippen LogP contribution in [0.1, 0.15) is 44.9 Å². The van der Waals surface area contributed by atoms with E-state index in [0.29, 0.717) is 30.4 Å².